The van der Waals surface area contributed by atoms with E-state index in [2.05, 4.69) is 21.8 Å². The Bertz CT molecular complexity index is 628. The second-order valence-corrected chi connectivity index (χ2v) is 4.52. The Hall–Kier alpha value is -2.37. The highest BCUT2D eigenvalue weighted by atomic mass is 32.1. The monoisotopic (exact) mass is 254 g/mol. The Morgan fingerprint density at radius 1 is 1.22 bits per heavy atom. The van der Waals surface area contributed by atoms with E-state index in [0.29, 0.717) is 17.7 Å². The Kier molecular flexibility index (Phi) is 3.57. The number of hydrogen-bond donors (Lipinski definition) is 1. The van der Waals surface area contributed by atoms with Gasteiger partial charge in [0, 0.05) is 6.54 Å². The van der Waals surface area contributed by atoms with Crippen LogP contribution in [0, 0.1) is 29.6 Å². The van der Waals surface area contributed by atoms with Gasteiger partial charge in [-0.05, 0) is 36.2 Å². The number of nitrogens with zero attached hydrogens (tertiary/aromatic N) is 3. The van der Waals surface area contributed by atoms with E-state index in [-0.39, 0.29) is 0 Å². The predicted octanol–water partition coefficient (Wildman–Crippen LogP) is 2.81. The molecule has 0 atom stereocenters. The zero-order valence-corrected chi connectivity index (χ0v) is 10.6. The third-order valence-electron chi connectivity index (χ3n) is 2.51. The number of benzene rings is 1. The molecule has 1 N–H and O–H groups in total. The van der Waals surface area contributed by atoms with Crippen molar-refractivity contribution >= 4 is 16.5 Å². The lowest BCUT2D eigenvalue weighted by molar-refractivity contribution is 1.15. The lowest BCUT2D eigenvalue weighted by Gasteiger charge is -2.03. The van der Waals surface area contributed by atoms with E-state index in [1.54, 1.807) is 12.1 Å². The van der Waals surface area contributed by atoms with Gasteiger partial charge in [0.2, 0.25) is 0 Å². The van der Waals surface area contributed by atoms with Gasteiger partial charge in [0.1, 0.15) is 16.6 Å². The predicted molar refractivity (Wildman–Crippen MR) is 70.0 cm³/mol. The summed E-state index contributed by atoms with van der Waals surface area (Å²) >= 11 is 1.29. The Morgan fingerprint density at radius 3 is 2.56 bits per heavy atom. The molecule has 4 nitrogen and oxygen atoms in total. The molecule has 1 aromatic heterocycles. The molecule has 0 spiro atoms. The zero-order valence-electron chi connectivity index (χ0n) is 9.77. The van der Waals surface area contributed by atoms with Crippen LogP contribution in [0.1, 0.15) is 22.4 Å². The summed E-state index contributed by atoms with van der Waals surface area (Å²) in [4.78, 5) is 0. The van der Waals surface area contributed by atoms with E-state index in [1.165, 1.54) is 11.5 Å². The normalized spacial score (nSPS) is 9.50. The summed E-state index contributed by atoms with van der Waals surface area (Å²) in [5.74, 6) is 0. The molecule has 18 heavy (non-hydrogen) atoms. The Morgan fingerprint density at radius 2 is 1.94 bits per heavy atom. The van der Waals surface area contributed by atoms with E-state index >= 15 is 0 Å². The van der Waals surface area contributed by atoms with Gasteiger partial charge < -0.3 is 5.32 Å². The molecular weight excluding hydrogens is 244 g/mol. The summed E-state index contributed by atoms with van der Waals surface area (Å²) in [7, 11) is 0. The first kappa shape index (κ1) is 12.1. The third-order valence-corrected chi connectivity index (χ3v) is 3.41. The first-order valence-corrected chi connectivity index (χ1v) is 6.11. The average Bonchev–Trinajstić information content (AvgIpc) is 2.77. The van der Waals surface area contributed by atoms with Gasteiger partial charge in [-0.3, -0.25) is 0 Å². The first-order chi connectivity index (χ1) is 8.74. The molecule has 0 saturated carbocycles. The minimum atomic E-state index is 0.605. The molecule has 0 amide bonds. The second-order valence-electron chi connectivity index (χ2n) is 3.75. The van der Waals surface area contributed by atoms with Crippen LogP contribution in [0.3, 0.4) is 0 Å². The molecule has 0 radical (unpaired) electrons. The van der Waals surface area contributed by atoms with Crippen molar-refractivity contribution in [2.24, 2.45) is 0 Å². The lowest BCUT2D eigenvalue weighted by Crippen LogP contribution is -1.99. The van der Waals surface area contributed by atoms with Gasteiger partial charge in [-0.2, -0.15) is 14.9 Å². The summed E-state index contributed by atoms with van der Waals surface area (Å²) < 4.78 is 4.14. The van der Waals surface area contributed by atoms with Gasteiger partial charge in [0.15, 0.2) is 0 Å². The van der Waals surface area contributed by atoms with Crippen molar-refractivity contribution in [1.82, 2.24) is 4.37 Å². The Labute approximate surface area is 109 Å². The molecule has 2 rings (SSSR count). The maximum absolute atomic E-state index is 8.99. The van der Waals surface area contributed by atoms with Crippen molar-refractivity contribution < 1.29 is 0 Å². The summed E-state index contributed by atoms with van der Waals surface area (Å²) in [6, 6.07) is 11.6. The van der Waals surface area contributed by atoms with Crippen molar-refractivity contribution in [3.05, 3.63) is 46.6 Å². The number of aromatic nitrogens is 1. The van der Waals surface area contributed by atoms with E-state index in [4.69, 9.17) is 10.5 Å². The van der Waals surface area contributed by atoms with Gasteiger partial charge in [-0.25, -0.2) is 0 Å². The molecule has 0 aliphatic heterocycles. The van der Waals surface area contributed by atoms with Crippen LogP contribution in [0.25, 0.3) is 0 Å². The minimum Gasteiger partial charge on any atom is -0.370 e. The van der Waals surface area contributed by atoms with Gasteiger partial charge in [0.05, 0.1) is 17.3 Å². The molecule has 0 bridgehead atoms. The van der Waals surface area contributed by atoms with Crippen LogP contribution in [-0.2, 0) is 6.54 Å². The molecule has 0 fully saturated rings. The number of hydrogen-bond acceptors (Lipinski definition) is 5. The van der Waals surface area contributed by atoms with Crippen LogP contribution in [0.5, 0.6) is 0 Å². The zero-order chi connectivity index (χ0) is 13.0. The van der Waals surface area contributed by atoms with Crippen LogP contribution < -0.4 is 5.32 Å². The number of nitrogens with one attached hydrogen (secondary N) is 1. The molecular formula is C13H10N4S. The van der Waals surface area contributed by atoms with Crippen LogP contribution in [0.2, 0.25) is 0 Å². The summed E-state index contributed by atoms with van der Waals surface area (Å²) in [6.07, 6.45) is 0. The van der Waals surface area contributed by atoms with Crippen molar-refractivity contribution in [3.8, 4) is 12.1 Å². The standard InChI is InChI=1S/C13H10N4S/c1-9-12(7-15)13(18-17-9)16-8-11-4-2-10(6-14)3-5-11/h2-5,16H,8H2,1H3. The third kappa shape index (κ3) is 2.48. The Balaban J connectivity index is 2.07. The molecule has 88 valence electrons. The lowest BCUT2D eigenvalue weighted by atomic mass is 10.1. The number of anilines is 1. The highest BCUT2D eigenvalue weighted by molar-refractivity contribution is 7.10. The van der Waals surface area contributed by atoms with Crippen LogP contribution in [-0.4, -0.2) is 4.37 Å². The molecule has 0 saturated heterocycles. The van der Waals surface area contributed by atoms with Gasteiger partial charge in [0.25, 0.3) is 0 Å². The van der Waals surface area contributed by atoms with Crippen molar-refractivity contribution in [1.29, 1.82) is 10.5 Å². The van der Waals surface area contributed by atoms with E-state index in [0.717, 1.165) is 16.3 Å². The number of aryl methyl sites for hydroxylation is 1. The maximum Gasteiger partial charge on any atom is 0.127 e. The summed E-state index contributed by atoms with van der Waals surface area (Å²) in [5.41, 5.74) is 3.06. The van der Waals surface area contributed by atoms with Crippen LogP contribution in [0.15, 0.2) is 24.3 Å². The van der Waals surface area contributed by atoms with E-state index in [1.807, 2.05) is 19.1 Å². The van der Waals surface area contributed by atoms with Gasteiger partial charge >= 0.3 is 0 Å². The fourth-order valence-corrected chi connectivity index (χ4v) is 2.24. The van der Waals surface area contributed by atoms with Crippen molar-refractivity contribution in [2.45, 2.75) is 13.5 Å². The van der Waals surface area contributed by atoms with Gasteiger partial charge in [-0.1, -0.05) is 12.1 Å². The first-order valence-electron chi connectivity index (χ1n) is 5.34. The molecule has 0 aliphatic carbocycles. The van der Waals surface area contributed by atoms with Gasteiger partial charge in [-0.15, -0.1) is 0 Å². The molecule has 2 aromatic rings. The molecule has 0 unspecified atom stereocenters. The molecule has 1 heterocycles. The maximum atomic E-state index is 8.99. The van der Waals surface area contributed by atoms with E-state index in [9.17, 15) is 0 Å². The van der Waals surface area contributed by atoms with Crippen molar-refractivity contribution in [2.75, 3.05) is 5.32 Å². The minimum absolute atomic E-state index is 0.605. The molecule has 5 heteroatoms. The highest BCUT2D eigenvalue weighted by Gasteiger charge is 2.09. The fraction of sp³-hybridized carbons (Fsp3) is 0.154. The molecule has 0 aliphatic rings. The smallest absolute Gasteiger partial charge is 0.127 e. The van der Waals surface area contributed by atoms with E-state index < -0.39 is 0 Å². The quantitative estimate of drug-likeness (QED) is 0.914. The highest BCUT2D eigenvalue weighted by Crippen LogP contribution is 2.23. The SMILES string of the molecule is Cc1nsc(NCc2ccc(C#N)cc2)c1C#N. The number of rotatable bonds is 3. The fourth-order valence-electron chi connectivity index (χ4n) is 1.50. The average molecular weight is 254 g/mol. The summed E-state index contributed by atoms with van der Waals surface area (Å²) in [6.45, 7) is 2.43. The topological polar surface area (TPSA) is 72.5 Å². The number of nitriles is 2. The second kappa shape index (κ2) is 5.31. The summed E-state index contributed by atoms with van der Waals surface area (Å²) in [5, 5.41) is 21.7. The largest absolute Gasteiger partial charge is 0.370 e. The van der Waals surface area contributed by atoms with Crippen LogP contribution in [0.4, 0.5) is 5.00 Å². The van der Waals surface area contributed by atoms with Crippen LogP contribution >= 0.6 is 11.5 Å². The van der Waals surface area contributed by atoms with Crippen molar-refractivity contribution in [3.63, 3.8) is 0 Å². The molecule has 1 aromatic carbocycles.